The maximum Gasteiger partial charge on any atom is 0.230 e. The Morgan fingerprint density at radius 1 is 1.31 bits per heavy atom. The average molecular weight is 378 g/mol. The van der Waals surface area contributed by atoms with Crippen molar-refractivity contribution in [2.45, 2.75) is 58.3 Å². The van der Waals surface area contributed by atoms with Gasteiger partial charge in [-0.2, -0.15) is 0 Å². The summed E-state index contributed by atoms with van der Waals surface area (Å²) in [6.45, 7) is 10.3. The van der Waals surface area contributed by atoms with Crippen LogP contribution in [0.25, 0.3) is 0 Å². The lowest BCUT2D eigenvalue weighted by Crippen LogP contribution is -2.31. The smallest absolute Gasteiger partial charge is 0.230 e. The normalized spacial score (nSPS) is 11.2. The molecule has 0 bridgehead atoms. The summed E-state index contributed by atoms with van der Waals surface area (Å²) < 4.78 is 7.32. The van der Waals surface area contributed by atoms with E-state index in [0.717, 1.165) is 16.9 Å². The van der Waals surface area contributed by atoms with Crippen molar-refractivity contribution in [3.63, 3.8) is 0 Å². The molecule has 0 aliphatic carbocycles. The molecule has 0 aliphatic heterocycles. The lowest BCUT2D eigenvalue weighted by molar-refractivity contribution is -0.119. The summed E-state index contributed by atoms with van der Waals surface area (Å²) in [4.78, 5) is 11.7. The highest BCUT2D eigenvalue weighted by atomic mass is 32.2. The number of hydrogen-bond donors (Lipinski definition) is 2. The van der Waals surface area contributed by atoms with Crippen molar-refractivity contribution in [1.82, 2.24) is 20.2 Å². The molecular formula is C18H27N5O2S. The van der Waals surface area contributed by atoms with Gasteiger partial charge in [0.2, 0.25) is 11.1 Å². The number of aromatic nitrogens is 3. The Labute approximate surface area is 158 Å². The molecule has 1 aromatic heterocycles. The Morgan fingerprint density at radius 3 is 2.69 bits per heavy atom. The molecule has 0 saturated carbocycles. The van der Waals surface area contributed by atoms with Gasteiger partial charge in [-0.25, -0.2) is 4.68 Å². The first kappa shape index (κ1) is 20.1. The molecule has 0 atom stereocenters. The van der Waals surface area contributed by atoms with Gasteiger partial charge in [-0.05, 0) is 43.9 Å². The number of nitrogens with zero attached hydrogens (tertiary/aromatic N) is 3. The standard InChI is InChI=1S/C18H27N5O2S/c1-11(2)14-7-6-13(5)8-15(14)25-9-16-21-22-18(23(16)19)26-10-17(24)20-12(3)4/h6-8,11-12H,9-10,19H2,1-5H3,(H,20,24). The molecule has 0 saturated heterocycles. The van der Waals surface area contributed by atoms with Gasteiger partial charge >= 0.3 is 0 Å². The molecule has 8 heteroatoms. The highest BCUT2D eigenvalue weighted by molar-refractivity contribution is 7.99. The first-order chi connectivity index (χ1) is 12.3. The Bertz CT molecular complexity index is 758. The van der Waals surface area contributed by atoms with Gasteiger partial charge in [0.15, 0.2) is 5.82 Å². The Morgan fingerprint density at radius 2 is 2.04 bits per heavy atom. The molecule has 142 valence electrons. The summed E-state index contributed by atoms with van der Waals surface area (Å²) in [5, 5.41) is 11.4. The zero-order valence-corrected chi connectivity index (χ0v) is 16.8. The third-order valence-corrected chi connectivity index (χ3v) is 4.61. The molecule has 0 unspecified atom stereocenters. The van der Waals surface area contributed by atoms with Crippen LogP contribution >= 0.6 is 11.8 Å². The number of nitrogens with two attached hydrogens (primary N) is 1. The Kier molecular flexibility index (Phi) is 6.90. The number of aryl methyl sites for hydroxylation is 1. The number of carbonyl (C=O) groups excluding carboxylic acids is 1. The number of ether oxygens (including phenoxy) is 1. The summed E-state index contributed by atoms with van der Waals surface area (Å²) in [6.07, 6.45) is 0. The highest BCUT2D eigenvalue weighted by Crippen LogP contribution is 2.28. The van der Waals surface area contributed by atoms with Crippen molar-refractivity contribution < 1.29 is 9.53 Å². The van der Waals surface area contributed by atoms with E-state index >= 15 is 0 Å². The van der Waals surface area contributed by atoms with Crippen molar-refractivity contribution in [2.75, 3.05) is 11.6 Å². The molecule has 0 fully saturated rings. The molecule has 0 aliphatic rings. The Hall–Kier alpha value is -2.22. The van der Waals surface area contributed by atoms with E-state index in [1.807, 2.05) is 26.8 Å². The molecular weight excluding hydrogens is 350 g/mol. The maximum absolute atomic E-state index is 11.7. The van der Waals surface area contributed by atoms with E-state index in [2.05, 4.69) is 41.5 Å². The number of thioether (sulfide) groups is 1. The van der Waals surface area contributed by atoms with Crippen molar-refractivity contribution in [3.8, 4) is 5.75 Å². The van der Waals surface area contributed by atoms with Crippen LogP contribution in [-0.4, -0.2) is 32.6 Å². The van der Waals surface area contributed by atoms with Crippen LogP contribution in [0, 0.1) is 6.92 Å². The summed E-state index contributed by atoms with van der Waals surface area (Å²) in [7, 11) is 0. The van der Waals surface area contributed by atoms with Crippen LogP contribution in [0.3, 0.4) is 0 Å². The van der Waals surface area contributed by atoms with Gasteiger partial charge in [-0.1, -0.05) is 37.7 Å². The van der Waals surface area contributed by atoms with Crippen molar-refractivity contribution >= 4 is 17.7 Å². The van der Waals surface area contributed by atoms with Crippen LogP contribution in [-0.2, 0) is 11.4 Å². The predicted molar refractivity (Wildman–Crippen MR) is 104 cm³/mol. The lowest BCUT2D eigenvalue weighted by Gasteiger charge is -2.14. The summed E-state index contributed by atoms with van der Waals surface area (Å²) in [6, 6.07) is 6.27. The van der Waals surface area contributed by atoms with Crippen molar-refractivity contribution in [1.29, 1.82) is 0 Å². The van der Waals surface area contributed by atoms with Crippen LogP contribution in [0.5, 0.6) is 5.75 Å². The van der Waals surface area contributed by atoms with E-state index in [1.54, 1.807) is 0 Å². The van der Waals surface area contributed by atoms with Gasteiger partial charge in [0, 0.05) is 6.04 Å². The molecule has 0 spiro atoms. The van der Waals surface area contributed by atoms with Gasteiger partial charge in [0.05, 0.1) is 5.75 Å². The summed E-state index contributed by atoms with van der Waals surface area (Å²) >= 11 is 1.25. The van der Waals surface area contributed by atoms with E-state index in [4.69, 9.17) is 10.6 Å². The molecule has 3 N–H and O–H groups in total. The number of nitrogens with one attached hydrogen (secondary N) is 1. The number of rotatable bonds is 8. The van der Waals surface area contributed by atoms with Gasteiger partial charge in [0.1, 0.15) is 12.4 Å². The highest BCUT2D eigenvalue weighted by Gasteiger charge is 2.14. The van der Waals surface area contributed by atoms with Crippen LogP contribution < -0.4 is 15.9 Å². The van der Waals surface area contributed by atoms with Crippen LogP contribution in [0.2, 0.25) is 0 Å². The lowest BCUT2D eigenvalue weighted by atomic mass is 10.0. The van der Waals surface area contributed by atoms with Crippen LogP contribution in [0.1, 0.15) is 50.6 Å². The fraction of sp³-hybridized carbons (Fsp3) is 0.500. The molecule has 26 heavy (non-hydrogen) atoms. The second-order valence-electron chi connectivity index (χ2n) is 6.76. The molecule has 7 nitrogen and oxygen atoms in total. The molecule has 1 amide bonds. The SMILES string of the molecule is Cc1ccc(C(C)C)c(OCc2nnc(SCC(=O)NC(C)C)n2N)c1. The summed E-state index contributed by atoms with van der Waals surface area (Å²) in [5.41, 5.74) is 2.27. The first-order valence-corrected chi connectivity index (χ1v) is 9.61. The number of benzene rings is 1. The topological polar surface area (TPSA) is 95.1 Å². The third kappa shape index (κ3) is 5.39. The number of hydrogen-bond acceptors (Lipinski definition) is 6. The molecule has 1 aromatic carbocycles. The fourth-order valence-corrected chi connectivity index (χ4v) is 3.07. The largest absolute Gasteiger partial charge is 0.485 e. The van der Waals surface area contributed by atoms with Crippen molar-refractivity contribution in [3.05, 3.63) is 35.2 Å². The number of carbonyl (C=O) groups is 1. The van der Waals surface area contributed by atoms with Crippen LogP contribution in [0.4, 0.5) is 0 Å². The zero-order chi connectivity index (χ0) is 19.3. The monoisotopic (exact) mass is 377 g/mol. The number of amides is 1. The van der Waals surface area contributed by atoms with E-state index in [1.165, 1.54) is 16.4 Å². The minimum atomic E-state index is -0.0628. The minimum Gasteiger partial charge on any atom is -0.485 e. The van der Waals surface area contributed by atoms with Gasteiger partial charge in [-0.3, -0.25) is 4.79 Å². The summed E-state index contributed by atoms with van der Waals surface area (Å²) in [5.74, 6) is 7.91. The molecule has 0 radical (unpaired) electrons. The first-order valence-electron chi connectivity index (χ1n) is 8.62. The van der Waals surface area contributed by atoms with E-state index in [-0.39, 0.29) is 24.3 Å². The zero-order valence-electron chi connectivity index (χ0n) is 15.9. The van der Waals surface area contributed by atoms with Gasteiger partial charge in [0.25, 0.3) is 0 Å². The Balaban J connectivity index is 2.01. The van der Waals surface area contributed by atoms with E-state index in [9.17, 15) is 4.79 Å². The third-order valence-electron chi connectivity index (χ3n) is 3.67. The van der Waals surface area contributed by atoms with Crippen LogP contribution in [0.15, 0.2) is 23.4 Å². The fourth-order valence-electron chi connectivity index (χ4n) is 2.38. The van der Waals surface area contributed by atoms with E-state index < -0.39 is 0 Å². The predicted octanol–water partition coefficient (Wildman–Crippen LogP) is 2.62. The second kappa shape index (κ2) is 8.93. The maximum atomic E-state index is 11.7. The minimum absolute atomic E-state index is 0.0628. The molecule has 2 rings (SSSR count). The van der Waals surface area contributed by atoms with Gasteiger partial charge < -0.3 is 15.9 Å². The number of nitrogen functional groups attached to an aromatic ring is 1. The quantitative estimate of drug-likeness (QED) is 0.542. The van der Waals surface area contributed by atoms with E-state index in [0.29, 0.717) is 16.9 Å². The average Bonchev–Trinajstić information content (AvgIpc) is 2.90. The second-order valence-corrected chi connectivity index (χ2v) is 7.71. The molecule has 1 heterocycles. The van der Waals surface area contributed by atoms with Crippen molar-refractivity contribution in [2.24, 2.45) is 0 Å². The van der Waals surface area contributed by atoms with Gasteiger partial charge in [-0.15, -0.1) is 10.2 Å². The molecule has 2 aromatic rings.